The molecule has 2 N–H and O–H groups in total. The molecular formula is C17H14ClN5OS. The molecule has 1 atom stereocenters. The second-order valence-electron chi connectivity index (χ2n) is 5.52. The third-order valence-electron chi connectivity index (χ3n) is 3.77. The number of carbonyl (C=O) groups is 1. The van der Waals surface area contributed by atoms with Gasteiger partial charge in [0.15, 0.2) is 5.16 Å². The molecule has 1 amide bonds. The topological polar surface area (TPSA) is 75.1 Å². The maximum Gasteiger partial charge on any atom is 0.237 e. The van der Waals surface area contributed by atoms with E-state index in [-0.39, 0.29) is 11.2 Å². The summed E-state index contributed by atoms with van der Waals surface area (Å²) in [6.45, 7) is 1.84. The number of H-pyrrole nitrogens is 1. The van der Waals surface area contributed by atoms with Gasteiger partial charge in [0.2, 0.25) is 11.7 Å². The fourth-order valence-corrected chi connectivity index (χ4v) is 3.51. The molecule has 0 saturated carbocycles. The first-order chi connectivity index (χ1) is 12.1. The summed E-state index contributed by atoms with van der Waals surface area (Å²) in [5, 5.41) is 11.1. The van der Waals surface area contributed by atoms with Crippen molar-refractivity contribution >= 4 is 51.8 Å². The summed E-state index contributed by atoms with van der Waals surface area (Å²) in [5.41, 5.74) is 2.55. The molecule has 0 saturated heterocycles. The maximum absolute atomic E-state index is 12.4. The van der Waals surface area contributed by atoms with E-state index in [1.807, 2.05) is 35.6 Å². The summed E-state index contributed by atoms with van der Waals surface area (Å²) in [6.07, 6.45) is 0. The molecule has 0 aliphatic rings. The number of aromatic amines is 1. The molecule has 0 aliphatic heterocycles. The minimum absolute atomic E-state index is 0.104. The number of fused-ring (bicyclic) bond motifs is 3. The lowest BCUT2D eigenvalue weighted by Gasteiger charge is -2.11. The number of halogens is 1. The molecule has 2 aromatic heterocycles. The van der Waals surface area contributed by atoms with Crippen LogP contribution in [0.2, 0.25) is 5.02 Å². The number of hydrogen-bond donors (Lipinski definition) is 2. The molecule has 6 nitrogen and oxygen atoms in total. The van der Waals surface area contributed by atoms with Crippen molar-refractivity contribution in [2.45, 2.75) is 17.3 Å². The third-order valence-corrected chi connectivity index (χ3v) is 5.07. The van der Waals surface area contributed by atoms with Gasteiger partial charge in [0.25, 0.3) is 0 Å². The Bertz CT molecular complexity index is 1060. The highest BCUT2D eigenvalue weighted by Gasteiger charge is 2.19. The normalized spacial score (nSPS) is 12.6. The lowest BCUT2D eigenvalue weighted by atomic mass is 10.3. The van der Waals surface area contributed by atoms with E-state index in [1.54, 1.807) is 24.3 Å². The average Bonchev–Trinajstić information content (AvgIpc) is 3.16. The van der Waals surface area contributed by atoms with Crippen LogP contribution in [0.3, 0.4) is 0 Å². The third kappa shape index (κ3) is 3.08. The van der Waals surface area contributed by atoms with Gasteiger partial charge in [-0.2, -0.15) is 0 Å². The first-order valence-corrected chi connectivity index (χ1v) is 8.92. The van der Waals surface area contributed by atoms with Crippen molar-refractivity contribution in [2.75, 3.05) is 5.32 Å². The number of imidazole rings is 1. The van der Waals surface area contributed by atoms with E-state index in [2.05, 4.69) is 20.5 Å². The van der Waals surface area contributed by atoms with E-state index in [1.165, 1.54) is 11.8 Å². The van der Waals surface area contributed by atoms with E-state index >= 15 is 0 Å². The lowest BCUT2D eigenvalue weighted by molar-refractivity contribution is -0.115. The fourth-order valence-electron chi connectivity index (χ4n) is 2.51. The summed E-state index contributed by atoms with van der Waals surface area (Å²) >= 11 is 7.23. The Morgan fingerprint density at radius 1 is 1.24 bits per heavy atom. The number of thioether (sulfide) groups is 1. The minimum atomic E-state index is -0.330. The second-order valence-corrected chi connectivity index (χ2v) is 7.27. The monoisotopic (exact) mass is 371 g/mol. The van der Waals surface area contributed by atoms with Crippen LogP contribution in [0.25, 0.3) is 16.8 Å². The molecule has 0 radical (unpaired) electrons. The second kappa shape index (κ2) is 6.42. The quantitative estimate of drug-likeness (QED) is 0.532. The number of aromatic nitrogens is 4. The summed E-state index contributed by atoms with van der Waals surface area (Å²) in [7, 11) is 0. The zero-order chi connectivity index (χ0) is 17.4. The van der Waals surface area contributed by atoms with E-state index in [9.17, 15) is 4.79 Å². The van der Waals surface area contributed by atoms with Gasteiger partial charge in [-0.15, -0.1) is 5.10 Å². The maximum atomic E-state index is 12.4. The predicted octanol–water partition coefficient (Wildman–Crippen LogP) is 3.98. The van der Waals surface area contributed by atoms with Crippen molar-refractivity contribution in [1.82, 2.24) is 19.6 Å². The molecule has 0 unspecified atom stereocenters. The molecule has 0 bridgehead atoms. The van der Waals surface area contributed by atoms with Gasteiger partial charge in [-0.25, -0.2) is 10.1 Å². The van der Waals surface area contributed by atoms with Gasteiger partial charge in [0, 0.05) is 10.7 Å². The molecule has 25 heavy (non-hydrogen) atoms. The Balaban J connectivity index is 1.56. The lowest BCUT2D eigenvalue weighted by Crippen LogP contribution is -2.22. The summed E-state index contributed by atoms with van der Waals surface area (Å²) in [5.74, 6) is 0.557. The number of nitrogens with one attached hydrogen (secondary N) is 2. The van der Waals surface area contributed by atoms with Gasteiger partial charge in [0.05, 0.1) is 16.3 Å². The number of amides is 1. The number of nitrogens with zero attached hydrogens (tertiary/aromatic N) is 3. The Morgan fingerprint density at radius 2 is 2.00 bits per heavy atom. The van der Waals surface area contributed by atoms with E-state index in [0.29, 0.717) is 21.6 Å². The van der Waals surface area contributed by atoms with Gasteiger partial charge in [-0.1, -0.05) is 35.5 Å². The minimum Gasteiger partial charge on any atom is -0.325 e. The molecular weight excluding hydrogens is 358 g/mol. The highest BCUT2D eigenvalue weighted by atomic mass is 35.5. The molecule has 126 valence electrons. The molecule has 4 aromatic rings. The summed E-state index contributed by atoms with van der Waals surface area (Å²) in [4.78, 5) is 16.9. The van der Waals surface area contributed by atoms with Crippen molar-refractivity contribution in [3.8, 4) is 0 Å². The Morgan fingerprint density at radius 3 is 2.80 bits per heavy atom. The number of anilines is 1. The summed E-state index contributed by atoms with van der Waals surface area (Å²) in [6, 6.07) is 14.8. The van der Waals surface area contributed by atoms with Crippen LogP contribution in [0.1, 0.15) is 6.92 Å². The van der Waals surface area contributed by atoms with E-state index in [0.717, 1.165) is 11.0 Å². The molecule has 0 fully saturated rings. The smallest absolute Gasteiger partial charge is 0.237 e. The van der Waals surface area contributed by atoms with E-state index in [4.69, 9.17) is 11.6 Å². The molecule has 0 aliphatic carbocycles. The Hall–Kier alpha value is -2.51. The van der Waals surface area contributed by atoms with Crippen LogP contribution < -0.4 is 5.32 Å². The van der Waals surface area contributed by atoms with Gasteiger partial charge in [-0.05, 0) is 43.3 Å². The van der Waals surface area contributed by atoms with Crippen LogP contribution in [0.15, 0.2) is 53.7 Å². The molecule has 2 heterocycles. The first-order valence-electron chi connectivity index (χ1n) is 7.66. The van der Waals surface area contributed by atoms with Crippen molar-refractivity contribution < 1.29 is 4.79 Å². The van der Waals surface area contributed by atoms with Gasteiger partial charge >= 0.3 is 0 Å². The number of hydrogen-bond acceptors (Lipinski definition) is 4. The van der Waals surface area contributed by atoms with Gasteiger partial charge in [0.1, 0.15) is 0 Å². The number of benzene rings is 2. The van der Waals surface area contributed by atoms with Crippen molar-refractivity contribution in [1.29, 1.82) is 0 Å². The van der Waals surface area contributed by atoms with Crippen molar-refractivity contribution in [3.05, 3.63) is 53.6 Å². The van der Waals surface area contributed by atoms with Crippen molar-refractivity contribution in [2.24, 2.45) is 0 Å². The first kappa shape index (κ1) is 16.0. The SMILES string of the molecule is C[C@H](Sc1n[nH]c2nc3ccccc3n12)C(=O)Nc1ccc(Cl)cc1. The van der Waals surface area contributed by atoms with Crippen LogP contribution in [0.5, 0.6) is 0 Å². The van der Waals surface area contributed by atoms with E-state index < -0.39 is 0 Å². The van der Waals surface area contributed by atoms with Crippen LogP contribution in [-0.2, 0) is 4.79 Å². The molecule has 2 aromatic carbocycles. The molecule has 8 heteroatoms. The van der Waals surface area contributed by atoms with Crippen LogP contribution in [0, 0.1) is 0 Å². The summed E-state index contributed by atoms with van der Waals surface area (Å²) < 4.78 is 1.92. The van der Waals surface area contributed by atoms with Crippen LogP contribution in [0.4, 0.5) is 5.69 Å². The zero-order valence-corrected chi connectivity index (χ0v) is 14.8. The van der Waals surface area contributed by atoms with Crippen LogP contribution >= 0.6 is 23.4 Å². The Labute approximate surface area is 152 Å². The highest BCUT2D eigenvalue weighted by Crippen LogP contribution is 2.26. The highest BCUT2D eigenvalue weighted by molar-refractivity contribution is 8.00. The standard InChI is InChI=1S/C17H14ClN5OS/c1-10(15(24)19-12-8-6-11(18)7-9-12)25-17-22-21-16-20-13-4-2-3-5-14(13)23(16)17/h2-10H,1H3,(H,19,24)(H,20,21)/t10-/m0/s1. The van der Waals surface area contributed by atoms with Crippen molar-refractivity contribution in [3.63, 3.8) is 0 Å². The number of para-hydroxylation sites is 2. The fraction of sp³-hybridized carbons (Fsp3) is 0.118. The van der Waals surface area contributed by atoms with Gasteiger partial charge < -0.3 is 5.32 Å². The predicted molar refractivity (Wildman–Crippen MR) is 100 cm³/mol. The largest absolute Gasteiger partial charge is 0.325 e. The van der Waals surface area contributed by atoms with Crippen LogP contribution in [-0.4, -0.2) is 30.7 Å². The zero-order valence-electron chi connectivity index (χ0n) is 13.2. The number of rotatable bonds is 4. The van der Waals surface area contributed by atoms with Gasteiger partial charge in [-0.3, -0.25) is 9.20 Å². The number of carbonyl (C=O) groups excluding carboxylic acids is 1. The molecule has 0 spiro atoms. The Kier molecular flexibility index (Phi) is 4.10. The average molecular weight is 372 g/mol. The molecule has 4 rings (SSSR count).